The van der Waals surface area contributed by atoms with Gasteiger partial charge < -0.3 is 14.8 Å². The standard InChI is InChI=1S/C17H15N3O3S/c21-15(22)10-11-24-14-9-5-4-8-13(14)16-19-20-17(23-16)18-12-6-2-1-3-7-12/h1-9H,10-11H2,(H,18,20)(H,21,22). The van der Waals surface area contributed by atoms with Gasteiger partial charge in [0.1, 0.15) is 0 Å². The molecule has 0 saturated heterocycles. The van der Waals surface area contributed by atoms with Gasteiger partial charge in [0.15, 0.2) is 0 Å². The summed E-state index contributed by atoms with van der Waals surface area (Å²) >= 11 is 1.45. The number of carboxylic acids is 1. The summed E-state index contributed by atoms with van der Waals surface area (Å²) in [6.45, 7) is 0. The molecule has 122 valence electrons. The highest BCUT2D eigenvalue weighted by molar-refractivity contribution is 7.99. The number of carbonyl (C=O) groups is 1. The third-order valence-corrected chi connectivity index (χ3v) is 4.22. The molecule has 24 heavy (non-hydrogen) atoms. The van der Waals surface area contributed by atoms with Gasteiger partial charge in [0.05, 0.1) is 12.0 Å². The molecule has 0 fully saturated rings. The van der Waals surface area contributed by atoms with E-state index in [1.54, 1.807) is 0 Å². The minimum absolute atomic E-state index is 0.101. The average Bonchev–Trinajstić information content (AvgIpc) is 3.04. The lowest BCUT2D eigenvalue weighted by Crippen LogP contribution is -1.96. The molecule has 0 aliphatic heterocycles. The van der Waals surface area contributed by atoms with Crippen LogP contribution in [0.5, 0.6) is 0 Å². The largest absolute Gasteiger partial charge is 0.481 e. The Balaban J connectivity index is 1.76. The monoisotopic (exact) mass is 341 g/mol. The summed E-state index contributed by atoms with van der Waals surface area (Å²) in [6.07, 6.45) is 0.101. The van der Waals surface area contributed by atoms with E-state index in [-0.39, 0.29) is 6.42 Å². The molecular weight excluding hydrogens is 326 g/mol. The van der Waals surface area contributed by atoms with Crippen molar-refractivity contribution in [1.29, 1.82) is 0 Å². The van der Waals surface area contributed by atoms with Crippen LogP contribution in [0, 0.1) is 0 Å². The molecule has 2 N–H and O–H groups in total. The molecule has 0 saturated carbocycles. The van der Waals surface area contributed by atoms with Crippen LogP contribution in [0.3, 0.4) is 0 Å². The lowest BCUT2D eigenvalue weighted by Gasteiger charge is -2.04. The van der Waals surface area contributed by atoms with Crippen LogP contribution in [-0.4, -0.2) is 27.0 Å². The lowest BCUT2D eigenvalue weighted by atomic mass is 10.2. The Kier molecular flexibility index (Phi) is 5.12. The van der Waals surface area contributed by atoms with Crippen molar-refractivity contribution in [2.75, 3.05) is 11.1 Å². The predicted octanol–water partition coefficient (Wildman–Crippen LogP) is 4.05. The van der Waals surface area contributed by atoms with Gasteiger partial charge in [-0.25, -0.2) is 0 Å². The van der Waals surface area contributed by atoms with Crippen LogP contribution in [0.1, 0.15) is 6.42 Å². The van der Waals surface area contributed by atoms with Gasteiger partial charge in [-0.3, -0.25) is 4.79 Å². The number of nitrogens with one attached hydrogen (secondary N) is 1. The zero-order valence-electron chi connectivity index (χ0n) is 12.7. The van der Waals surface area contributed by atoms with Crippen LogP contribution in [-0.2, 0) is 4.79 Å². The van der Waals surface area contributed by atoms with Gasteiger partial charge in [-0.1, -0.05) is 35.4 Å². The normalized spacial score (nSPS) is 10.5. The van der Waals surface area contributed by atoms with Crippen molar-refractivity contribution in [3.63, 3.8) is 0 Å². The fraction of sp³-hybridized carbons (Fsp3) is 0.118. The van der Waals surface area contributed by atoms with Crippen molar-refractivity contribution >= 4 is 29.4 Å². The molecule has 6 nitrogen and oxygen atoms in total. The van der Waals surface area contributed by atoms with E-state index in [0.29, 0.717) is 17.7 Å². The Morgan fingerprint density at radius 2 is 1.83 bits per heavy atom. The first-order chi connectivity index (χ1) is 11.7. The van der Waals surface area contributed by atoms with Crippen LogP contribution in [0.4, 0.5) is 11.7 Å². The van der Waals surface area contributed by atoms with E-state index in [2.05, 4.69) is 15.5 Å². The molecule has 0 aliphatic rings. The van der Waals surface area contributed by atoms with E-state index in [1.165, 1.54) is 11.8 Å². The number of hydrogen-bond donors (Lipinski definition) is 2. The number of aromatic nitrogens is 2. The molecule has 0 atom stereocenters. The number of thioether (sulfide) groups is 1. The Bertz CT molecular complexity index is 821. The predicted molar refractivity (Wildman–Crippen MR) is 92.4 cm³/mol. The number of hydrogen-bond acceptors (Lipinski definition) is 6. The van der Waals surface area contributed by atoms with E-state index >= 15 is 0 Å². The van der Waals surface area contributed by atoms with Crippen LogP contribution >= 0.6 is 11.8 Å². The summed E-state index contributed by atoms with van der Waals surface area (Å²) in [5.41, 5.74) is 1.65. The zero-order valence-corrected chi connectivity index (χ0v) is 13.5. The Morgan fingerprint density at radius 1 is 1.08 bits per heavy atom. The van der Waals surface area contributed by atoms with Crippen LogP contribution < -0.4 is 5.32 Å². The second-order valence-electron chi connectivity index (χ2n) is 4.89. The molecule has 0 aliphatic carbocycles. The Labute approximate surface area is 142 Å². The van der Waals surface area contributed by atoms with Gasteiger partial charge in [0.2, 0.25) is 0 Å². The highest BCUT2D eigenvalue weighted by atomic mass is 32.2. The second-order valence-corrected chi connectivity index (χ2v) is 6.03. The van der Waals surface area contributed by atoms with Crippen LogP contribution in [0.25, 0.3) is 11.5 Å². The van der Waals surface area contributed by atoms with Crippen molar-refractivity contribution in [3.05, 3.63) is 54.6 Å². The van der Waals surface area contributed by atoms with Gasteiger partial charge >= 0.3 is 12.0 Å². The third kappa shape index (κ3) is 4.14. The van der Waals surface area contributed by atoms with Gasteiger partial charge in [0.25, 0.3) is 5.89 Å². The maximum absolute atomic E-state index is 10.7. The third-order valence-electron chi connectivity index (χ3n) is 3.14. The number of rotatable bonds is 7. The molecule has 3 aromatic rings. The summed E-state index contributed by atoms with van der Waals surface area (Å²) in [6, 6.07) is 17.4. The summed E-state index contributed by atoms with van der Waals surface area (Å²) in [5.74, 6) is 0.0641. The van der Waals surface area contributed by atoms with Crippen molar-refractivity contribution in [2.24, 2.45) is 0 Å². The molecule has 0 spiro atoms. The number of aliphatic carboxylic acids is 1. The Morgan fingerprint density at radius 3 is 2.62 bits per heavy atom. The quantitative estimate of drug-likeness (QED) is 0.627. The van der Waals surface area contributed by atoms with Gasteiger partial charge in [0, 0.05) is 16.3 Å². The molecule has 0 unspecified atom stereocenters. The average molecular weight is 341 g/mol. The molecule has 1 aromatic heterocycles. The lowest BCUT2D eigenvalue weighted by molar-refractivity contribution is -0.136. The van der Waals surface area contributed by atoms with Gasteiger partial charge in [-0.15, -0.1) is 16.9 Å². The van der Waals surface area contributed by atoms with Crippen molar-refractivity contribution in [1.82, 2.24) is 10.2 Å². The second kappa shape index (κ2) is 7.65. The molecule has 0 bridgehead atoms. The minimum atomic E-state index is -0.813. The molecule has 3 rings (SSSR count). The fourth-order valence-electron chi connectivity index (χ4n) is 2.05. The number of nitrogens with zero attached hydrogens (tertiary/aromatic N) is 2. The first kappa shape index (κ1) is 16.1. The summed E-state index contributed by atoms with van der Waals surface area (Å²) in [4.78, 5) is 11.6. The summed E-state index contributed by atoms with van der Waals surface area (Å²) in [7, 11) is 0. The fourth-order valence-corrected chi connectivity index (χ4v) is 3.03. The van der Waals surface area contributed by atoms with E-state index in [4.69, 9.17) is 9.52 Å². The molecule has 7 heteroatoms. The highest BCUT2D eigenvalue weighted by Crippen LogP contribution is 2.32. The minimum Gasteiger partial charge on any atom is -0.481 e. The van der Waals surface area contributed by atoms with E-state index in [0.717, 1.165) is 16.1 Å². The van der Waals surface area contributed by atoms with E-state index in [1.807, 2.05) is 54.6 Å². The van der Waals surface area contributed by atoms with Crippen molar-refractivity contribution in [3.8, 4) is 11.5 Å². The molecule has 1 heterocycles. The smallest absolute Gasteiger partial charge is 0.320 e. The first-order valence-electron chi connectivity index (χ1n) is 7.32. The number of carboxylic acid groups (broad SMARTS) is 1. The maximum Gasteiger partial charge on any atom is 0.320 e. The van der Waals surface area contributed by atoms with Crippen molar-refractivity contribution < 1.29 is 14.3 Å². The molecule has 0 radical (unpaired) electrons. The SMILES string of the molecule is O=C(O)CCSc1ccccc1-c1nnc(Nc2ccccc2)o1. The first-order valence-corrected chi connectivity index (χ1v) is 8.30. The van der Waals surface area contributed by atoms with Crippen molar-refractivity contribution in [2.45, 2.75) is 11.3 Å². The number of para-hydroxylation sites is 1. The molecular formula is C17H15N3O3S. The number of benzene rings is 2. The van der Waals surface area contributed by atoms with E-state index < -0.39 is 5.97 Å². The zero-order chi connectivity index (χ0) is 16.8. The van der Waals surface area contributed by atoms with E-state index in [9.17, 15) is 4.79 Å². The summed E-state index contributed by atoms with van der Waals surface area (Å²) in [5, 5.41) is 19.9. The van der Waals surface area contributed by atoms with Crippen LogP contribution in [0.2, 0.25) is 0 Å². The Hall–Kier alpha value is -2.80. The molecule has 2 aromatic carbocycles. The maximum atomic E-state index is 10.7. The number of anilines is 2. The van der Waals surface area contributed by atoms with Crippen LogP contribution in [0.15, 0.2) is 63.9 Å². The topological polar surface area (TPSA) is 88.2 Å². The molecule has 0 amide bonds. The van der Waals surface area contributed by atoms with Gasteiger partial charge in [-0.05, 0) is 24.3 Å². The van der Waals surface area contributed by atoms with Gasteiger partial charge in [-0.2, -0.15) is 0 Å². The highest BCUT2D eigenvalue weighted by Gasteiger charge is 2.13. The summed E-state index contributed by atoms with van der Waals surface area (Å²) < 4.78 is 5.68.